The minimum atomic E-state index is 0.171. The standard InChI is InChI=1S/C16H27N3/c1-12(13-6-5-9-17-10-13)19-15-8-7-14(11-18-15)16(2,3)4/h7-8,11-13,17H,5-6,9-10H2,1-4H3,(H,18,19). The van der Waals surface area contributed by atoms with Crippen LogP contribution in [-0.2, 0) is 5.41 Å². The van der Waals surface area contributed by atoms with Crippen LogP contribution in [0.5, 0.6) is 0 Å². The van der Waals surface area contributed by atoms with Gasteiger partial charge in [-0.05, 0) is 55.8 Å². The summed E-state index contributed by atoms with van der Waals surface area (Å²) >= 11 is 0. The number of aromatic nitrogens is 1. The molecule has 0 aromatic carbocycles. The van der Waals surface area contributed by atoms with E-state index in [2.05, 4.69) is 55.4 Å². The summed E-state index contributed by atoms with van der Waals surface area (Å²) in [6, 6.07) is 4.76. The third kappa shape index (κ3) is 3.93. The fourth-order valence-corrected chi connectivity index (χ4v) is 2.58. The molecule has 2 rings (SSSR count). The van der Waals surface area contributed by atoms with Gasteiger partial charge in [-0.2, -0.15) is 0 Å². The predicted molar refractivity (Wildman–Crippen MR) is 81.6 cm³/mol. The number of anilines is 1. The van der Waals surface area contributed by atoms with Crippen molar-refractivity contribution in [1.29, 1.82) is 0 Å². The van der Waals surface area contributed by atoms with Gasteiger partial charge in [-0.1, -0.05) is 26.8 Å². The van der Waals surface area contributed by atoms with E-state index in [4.69, 9.17) is 0 Å². The van der Waals surface area contributed by atoms with Crippen molar-refractivity contribution < 1.29 is 0 Å². The summed E-state index contributed by atoms with van der Waals surface area (Å²) < 4.78 is 0. The smallest absolute Gasteiger partial charge is 0.126 e. The highest BCUT2D eigenvalue weighted by atomic mass is 15.0. The Hall–Kier alpha value is -1.09. The molecule has 1 aromatic rings. The molecule has 19 heavy (non-hydrogen) atoms. The molecule has 0 spiro atoms. The highest BCUT2D eigenvalue weighted by Gasteiger charge is 2.20. The zero-order chi connectivity index (χ0) is 13.9. The van der Waals surface area contributed by atoms with Gasteiger partial charge < -0.3 is 10.6 Å². The zero-order valence-electron chi connectivity index (χ0n) is 12.7. The summed E-state index contributed by atoms with van der Waals surface area (Å²) in [7, 11) is 0. The van der Waals surface area contributed by atoms with Crippen LogP contribution in [0, 0.1) is 5.92 Å². The number of hydrogen-bond donors (Lipinski definition) is 2. The Kier molecular flexibility index (Phi) is 4.46. The molecule has 1 fully saturated rings. The highest BCUT2D eigenvalue weighted by Crippen LogP contribution is 2.23. The summed E-state index contributed by atoms with van der Waals surface area (Å²) in [5, 5.41) is 7.01. The van der Waals surface area contributed by atoms with Crippen LogP contribution in [0.2, 0.25) is 0 Å². The largest absolute Gasteiger partial charge is 0.367 e. The lowest BCUT2D eigenvalue weighted by atomic mass is 9.88. The van der Waals surface area contributed by atoms with Crippen molar-refractivity contribution in [2.24, 2.45) is 5.92 Å². The second kappa shape index (κ2) is 5.91. The lowest BCUT2D eigenvalue weighted by molar-refractivity contribution is 0.346. The topological polar surface area (TPSA) is 37.0 Å². The number of piperidine rings is 1. The van der Waals surface area contributed by atoms with E-state index in [0.717, 1.165) is 12.4 Å². The predicted octanol–water partition coefficient (Wildman–Crippen LogP) is 3.18. The number of hydrogen-bond acceptors (Lipinski definition) is 3. The molecule has 2 heterocycles. The first-order chi connectivity index (χ1) is 8.97. The van der Waals surface area contributed by atoms with Gasteiger partial charge in [-0.3, -0.25) is 0 Å². The molecular weight excluding hydrogens is 234 g/mol. The molecule has 0 amide bonds. The van der Waals surface area contributed by atoms with Crippen molar-refractivity contribution in [3.8, 4) is 0 Å². The minimum Gasteiger partial charge on any atom is -0.367 e. The normalized spacial score (nSPS) is 22.0. The Bertz CT molecular complexity index is 385. The molecule has 2 atom stereocenters. The van der Waals surface area contributed by atoms with Crippen LogP contribution in [0.4, 0.5) is 5.82 Å². The van der Waals surface area contributed by atoms with Crippen molar-refractivity contribution in [3.63, 3.8) is 0 Å². The molecule has 3 heteroatoms. The molecule has 1 aliphatic rings. The lowest BCUT2D eigenvalue weighted by Crippen LogP contribution is -2.38. The highest BCUT2D eigenvalue weighted by molar-refractivity contribution is 5.38. The Morgan fingerprint density at radius 3 is 2.68 bits per heavy atom. The fraction of sp³-hybridized carbons (Fsp3) is 0.688. The van der Waals surface area contributed by atoms with Gasteiger partial charge in [0, 0.05) is 12.2 Å². The van der Waals surface area contributed by atoms with Crippen molar-refractivity contribution in [2.75, 3.05) is 18.4 Å². The van der Waals surface area contributed by atoms with Crippen LogP contribution in [0.25, 0.3) is 0 Å². The maximum atomic E-state index is 4.55. The molecule has 0 aliphatic carbocycles. The molecule has 2 N–H and O–H groups in total. The fourth-order valence-electron chi connectivity index (χ4n) is 2.58. The second-order valence-corrected chi connectivity index (χ2v) is 6.72. The minimum absolute atomic E-state index is 0.171. The molecule has 2 unspecified atom stereocenters. The number of rotatable bonds is 3. The van der Waals surface area contributed by atoms with E-state index in [1.807, 2.05) is 6.20 Å². The first kappa shape index (κ1) is 14.3. The summed E-state index contributed by atoms with van der Waals surface area (Å²) in [4.78, 5) is 4.55. The van der Waals surface area contributed by atoms with Gasteiger partial charge in [0.15, 0.2) is 0 Å². The Morgan fingerprint density at radius 2 is 2.16 bits per heavy atom. The lowest BCUT2D eigenvalue weighted by Gasteiger charge is -2.29. The first-order valence-electron chi connectivity index (χ1n) is 7.40. The molecule has 0 radical (unpaired) electrons. The number of nitrogens with one attached hydrogen (secondary N) is 2. The number of nitrogens with zero attached hydrogens (tertiary/aromatic N) is 1. The molecule has 1 saturated heterocycles. The molecule has 106 valence electrons. The van der Waals surface area contributed by atoms with Crippen LogP contribution < -0.4 is 10.6 Å². The summed E-state index contributed by atoms with van der Waals surface area (Å²) in [5.74, 6) is 1.70. The Morgan fingerprint density at radius 1 is 1.37 bits per heavy atom. The van der Waals surface area contributed by atoms with Gasteiger partial charge >= 0.3 is 0 Å². The molecule has 1 aliphatic heterocycles. The van der Waals surface area contributed by atoms with E-state index in [1.54, 1.807) is 0 Å². The average molecular weight is 261 g/mol. The quantitative estimate of drug-likeness (QED) is 0.877. The Balaban J connectivity index is 1.95. The third-order valence-electron chi connectivity index (χ3n) is 4.05. The van der Waals surface area contributed by atoms with Gasteiger partial charge in [-0.15, -0.1) is 0 Å². The monoisotopic (exact) mass is 261 g/mol. The van der Waals surface area contributed by atoms with Gasteiger partial charge in [0.05, 0.1) is 0 Å². The van der Waals surface area contributed by atoms with Crippen LogP contribution >= 0.6 is 0 Å². The average Bonchev–Trinajstić information content (AvgIpc) is 2.39. The zero-order valence-corrected chi connectivity index (χ0v) is 12.7. The van der Waals surface area contributed by atoms with E-state index >= 15 is 0 Å². The van der Waals surface area contributed by atoms with Crippen molar-refractivity contribution in [2.45, 2.75) is 52.0 Å². The summed E-state index contributed by atoms with van der Waals surface area (Å²) in [6.45, 7) is 11.2. The Labute approximate surface area is 117 Å². The van der Waals surface area contributed by atoms with E-state index in [9.17, 15) is 0 Å². The molecule has 0 bridgehead atoms. The van der Waals surface area contributed by atoms with E-state index in [-0.39, 0.29) is 5.41 Å². The van der Waals surface area contributed by atoms with Gasteiger partial charge in [0.2, 0.25) is 0 Å². The maximum Gasteiger partial charge on any atom is 0.126 e. The van der Waals surface area contributed by atoms with Crippen molar-refractivity contribution in [1.82, 2.24) is 10.3 Å². The SMILES string of the molecule is CC(Nc1ccc(C(C)(C)C)cn1)C1CCCNC1. The van der Waals surface area contributed by atoms with Gasteiger partial charge in [-0.25, -0.2) is 4.98 Å². The van der Waals surface area contributed by atoms with Crippen molar-refractivity contribution >= 4 is 5.82 Å². The number of pyridine rings is 1. The molecular formula is C16H27N3. The third-order valence-corrected chi connectivity index (χ3v) is 4.05. The second-order valence-electron chi connectivity index (χ2n) is 6.72. The van der Waals surface area contributed by atoms with Crippen LogP contribution in [-0.4, -0.2) is 24.1 Å². The van der Waals surface area contributed by atoms with Gasteiger partial charge in [0.1, 0.15) is 5.82 Å². The molecule has 0 saturated carbocycles. The van der Waals surface area contributed by atoms with Crippen LogP contribution in [0.3, 0.4) is 0 Å². The maximum absolute atomic E-state index is 4.55. The summed E-state index contributed by atoms with van der Waals surface area (Å²) in [5.41, 5.74) is 1.45. The van der Waals surface area contributed by atoms with Crippen LogP contribution in [0.15, 0.2) is 18.3 Å². The first-order valence-corrected chi connectivity index (χ1v) is 7.40. The molecule has 1 aromatic heterocycles. The summed E-state index contributed by atoms with van der Waals surface area (Å²) in [6.07, 6.45) is 4.59. The van der Waals surface area contributed by atoms with E-state index in [0.29, 0.717) is 12.0 Å². The van der Waals surface area contributed by atoms with Crippen LogP contribution in [0.1, 0.15) is 46.1 Å². The van der Waals surface area contributed by atoms with E-state index < -0.39 is 0 Å². The van der Waals surface area contributed by atoms with Crippen molar-refractivity contribution in [3.05, 3.63) is 23.9 Å². The van der Waals surface area contributed by atoms with E-state index in [1.165, 1.54) is 24.9 Å². The molecule has 3 nitrogen and oxygen atoms in total. The van der Waals surface area contributed by atoms with Gasteiger partial charge in [0.25, 0.3) is 0 Å².